The van der Waals surface area contributed by atoms with Crippen molar-refractivity contribution in [3.05, 3.63) is 24.2 Å². The maximum Gasteiger partial charge on any atom is 0.220 e. The molecule has 0 spiro atoms. The SMILES string of the molecule is C[C@@H]1CN(S(=O)(=O)CCNC(=O)CCc2ccco2)C[C@@H](C)O1. The minimum Gasteiger partial charge on any atom is -0.469 e. The molecule has 0 bridgehead atoms. The summed E-state index contributed by atoms with van der Waals surface area (Å²) in [6.07, 6.45) is 2.11. The first-order chi connectivity index (χ1) is 10.9. The normalized spacial score (nSPS) is 22.9. The molecule has 7 nitrogen and oxygen atoms in total. The minimum absolute atomic E-state index is 0.0983. The molecule has 0 radical (unpaired) electrons. The van der Waals surface area contributed by atoms with Gasteiger partial charge in [-0.3, -0.25) is 4.79 Å². The third-order valence-corrected chi connectivity index (χ3v) is 5.45. The largest absolute Gasteiger partial charge is 0.469 e. The van der Waals surface area contributed by atoms with Crippen molar-refractivity contribution in [3.63, 3.8) is 0 Å². The second-order valence-electron chi connectivity index (χ2n) is 5.82. The Kier molecular flexibility index (Phi) is 6.20. The van der Waals surface area contributed by atoms with E-state index in [2.05, 4.69) is 5.32 Å². The molecule has 1 N–H and O–H groups in total. The van der Waals surface area contributed by atoms with Crippen LogP contribution in [0.3, 0.4) is 0 Å². The number of hydrogen-bond donors (Lipinski definition) is 1. The first-order valence-electron chi connectivity index (χ1n) is 7.79. The summed E-state index contributed by atoms with van der Waals surface area (Å²) < 4.78 is 36.7. The molecule has 1 fully saturated rings. The maximum atomic E-state index is 12.3. The van der Waals surface area contributed by atoms with Gasteiger partial charge in [0.25, 0.3) is 0 Å². The number of aryl methyl sites for hydroxylation is 1. The minimum atomic E-state index is -3.38. The fourth-order valence-corrected chi connectivity index (χ4v) is 4.08. The molecule has 1 aliphatic rings. The number of morpholine rings is 1. The average Bonchev–Trinajstić information content (AvgIpc) is 2.97. The van der Waals surface area contributed by atoms with E-state index in [1.165, 1.54) is 4.31 Å². The Morgan fingerprint density at radius 2 is 2.04 bits per heavy atom. The van der Waals surface area contributed by atoms with Gasteiger partial charge in [0.1, 0.15) is 5.76 Å². The van der Waals surface area contributed by atoms with Gasteiger partial charge >= 0.3 is 0 Å². The average molecular weight is 344 g/mol. The van der Waals surface area contributed by atoms with Crippen molar-refractivity contribution >= 4 is 15.9 Å². The lowest BCUT2D eigenvalue weighted by Gasteiger charge is -2.34. The van der Waals surface area contributed by atoms with Crippen LogP contribution in [-0.2, 0) is 26.0 Å². The molecule has 0 saturated carbocycles. The highest BCUT2D eigenvalue weighted by Gasteiger charge is 2.30. The van der Waals surface area contributed by atoms with E-state index in [0.29, 0.717) is 19.5 Å². The van der Waals surface area contributed by atoms with Crippen molar-refractivity contribution in [2.45, 2.75) is 38.9 Å². The van der Waals surface area contributed by atoms with E-state index >= 15 is 0 Å². The van der Waals surface area contributed by atoms with Crippen LogP contribution in [0.2, 0.25) is 0 Å². The summed E-state index contributed by atoms with van der Waals surface area (Å²) in [5.41, 5.74) is 0. The van der Waals surface area contributed by atoms with Gasteiger partial charge < -0.3 is 14.5 Å². The number of rotatable bonds is 7. The van der Waals surface area contributed by atoms with Crippen LogP contribution in [0.1, 0.15) is 26.0 Å². The van der Waals surface area contributed by atoms with Crippen molar-refractivity contribution in [3.8, 4) is 0 Å². The van der Waals surface area contributed by atoms with Crippen LogP contribution in [0, 0.1) is 0 Å². The lowest BCUT2D eigenvalue weighted by Crippen LogP contribution is -2.49. The summed E-state index contributed by atoms with van der Waals surface area (Å²) in [4.78, 5) is 11.7. The van der Waals surface area contributed by atoms with E-state index in [1.807, 2.05) is 13.8 Å². The topological polar surface area (TPSA) is 88.9 Å². The zero-order valence-corrected chi connectivity index (χ0v) is 14.3. The van der Waals surface area contributed by atoms with E-state index in [9.17, 15) is 13.2 Å². The lowest BCUT2D eigenvalue weighted by atomic mass is 10.2. The van der Waals surface area contributed by atoms with Crippen LogP contribution in [-0.4, -0.2) is 56.2 Å². The molecule has 1 saturated heterocycles. The molecule has 0 unspecified atom stereocenters. The molecule has 1 amide bonds. The molecule has 1 aromatic heterocycles. The lowest BCUT2D eigenvalue weighted by molar-refractivity contribution is -0.121. The smallest absolute Gasteiger partial charge is 0.220 e. The monoisotopic (exact) mass is 344 g/mol. The Bertz CT molecular complexity index is 589. The molecule has 8 heteroatoms. The number of carbonyl (C=O) groups excluding carboxylic acids is 1. The Balaban J connectivity index is 1.72. The zero-order valence-electron chi connectivity index (χ0n) is 13.5. The molecule has 23 heavy (non-hydrogen) atoms. The van der Waals surface area contributed by atoms with Gasteiger partial charge in [0, 0.05) is 32.5 Å². The highest BCUT2D eigenvalue weighted by atomic mass is 32.2. The third kappa shape index (κ3) is 5.63. The Labute approximate surface area is 137 Å². The van der Waals surface area contributed by atoms with Crippen molar-refractivity contribution in [1.29, 1.82) is 0 Å². The van der Waals surface area contributed by atoms with Crippen molar-refractivity contribution in [2.75, 3.05) is 25.4 Å². The van der Waals surface area contributed by atoms with Crippen LogP contribution in [0.25, 0.3) is 0 Å². The number of sulfonamides is 1. The van der Waals surface area contributed by atoms with Gasteiger partial charge in [-0.05, 0) is 26.0 Å². The number of ether oxygens (including phenoxy) is 1. The molecule has 0 aliphatic carbocycles. The number of nitrogens with one attached hydrogen (secondary N) is 1. The van der Waals surface area contributed by atoms with E-state index in [4.69, 9.17) is 9.15 Å². The summed E-state index contributed by atoms with van der Waals surface area (Å²) in [6, 6.07) is 3.57. The van der Waals surface area contributed by atoms with Gasteiger partial charge in [-0.15, -0.1) is 0 Å². The van der Waals surface area contributed by atoms with Gasteiger partial charge in [0.15, 0.2) is 0 Å². The van der Waals surface area contributed by atoms with E-state index < -0.39 is 10.0 Å². The number of furan rings is 1. The summed E-state index contributed by atoms with van der Waals surface area (Å²) >= 11 is 0. The van der Waals surface area contributed by atoms with Gasteiger partial charge in [-0.1, -0.05) is 0 Å². The number of amides is 1. The second-order valence-corrected chi connectivity index (χ2v) is 7.91. The fourth-order valence-electron chi connectivity index (χ4n) is 2.59. The molecular weight excluding hydrogens is 320 g/mol. The zero-order chi connectivity index (χ0) is 16.9. The van der Waals surface area contributed by atoms with Crippen LogP contribution in [0.5, 0.6) is 0 Å². The molecular formula is C15H24N2O5S. The molecule has 1 aliphatic heterocycles. The van der Waals surface area contributed by atoms with Gasteiger partial charge in [0.2, 0.25) is 15.9 Å². The van der Waals surface area contributed by atoms with Gasteiger partial charge in [-0.25, -0.2) is 8.42 Å². The first kappa shape index (κ1) is 18.0. The fraction of sp³-hybridized carbons (Fsp3) is 0.667. The molecule has 130 valence electrons. The molecule has 2 atom stereocenters. The van der Waals surface area contributed by atoms with Crippen LogP contribution in [0.15, 0.2) is 22.8 Å². The second kappa shape index (κ2) is 7.94. The number of carbonyl (C=O) groups is 1. The molecule has 2 rings (SSSR count). The van der Waals surface area contributed by atoms with Crippen LogP contribution < -0.4 is 5.32 Å². The number of nitrogens with zero attached hydrogens (tertiary/aromatic N) is 1. The highest BCUT2D eigenvalue weighted by molar-refractivity contribution is 7.89. The first-order valence-corrected chi connectivity index (χ1v) is 9.40. The standard InChI is InChI=1S/C15H24N2O5S/c1-12-10-17(11-13(2)22-12)23(19,20)9-7-16-15(18)6-5-14-4-3-8-21-14/h3-4,8,12-13H,5-7,9-11H2,1-2H3,(H,16,18)/t12-,13-/m1/s1. The van der Waals surface area contributed by atoms with Crippen molar-refractivity contribution in [1.82, 2.24) is 9.62 Å². The molecule has 1 aromatic rings. The van der Waals surface area contributed by atoms with Crippen LogP contribution >= 0.6 is 0 Å². The van der Waals surface area contributed by atoms with Crippen molar-refractivity contribution < 1.29 is 22.4 Å². The summed E-state index contributed by atoms with van der Waals surface area (Å²) in [5.74, 6) is 0.461. The maximum absolute atomic E-state index is 12.3. The molecule has 2 heterocycles. The summed E-state index contributed by atoms with van der Waals surface area (Å²) in [7, 11) is -3.38. The quantitative estimate of drug-likeness (QED) is 0.789. The Morgan fingerprint density at radius 1 is 1.35 bits per heavy atom. The number of hydrogen-bond acceptors (Lipinski definition) is 5. The Hall–Kier alpha value is -1.38. The van der Waals surface area contributed by atoms with Gasteiger partial charge in [0.05, 0.1) is 24.2 Å². The van der Waals surface area contributed by atoms with E-state index in [1.54, 1.807) is 18.4 Å². The highest BCUT2D eigenvalue weighted by Crippen LogP contribution is 2.14. The van der Waals surface area contributed by atoms with E-state index in [0.717, 1.165) is 5.76 Å². The van der Waals surface area contributed by atoms with E-state index in [-0.39, 0.29) is 36.8 Å². The Morgan fingerprint density at radius 3 is 2.65 bits per heavy atom. The van der Waals surface area contributed by atoms with Crippen molar-refractivity contribution in [2.24, 2.45) is 0 Å². The predicted molar refractivity (Wildman–Crippen MR) is 85.4 cm³/mol. The summed E-state index contributed by atoms with van der Waals surface area (Å²) in [6.45, 7) is 4.54. The van der Waals surface area contributed by atoms with Gasteiger partial charge in [-0.2, -0.15) is 4.31 Å². The molecule has 0 aromatic carbocycles. The summed E-state index contributed by atoms with van der Waals surface area (Å²) in [5, 5.41) is 2.65. The van der Waals surface area contributed by atoms with Crippen LogP contribution in [0.4, 0.5) is 0 Å². The third-order valence-electron chi connectivity index (χ3n) is 3.64. The predicted octanol–water partition coefficient (Wildman–Crippen LogP) is 0.767.